The smallest absolute Gasteiger partial charge is 0.143 e. The Bertz CT molecular complexity index is 1270. The van der Waals surface area contributed by atoms with Gasteiger partial charge in [0, 0.05) is 24.0 Å². The van der Waals surface area contributed by atoms with Crippen LogP contribution >= 0.6 is 0 Å². The molecule has 5 rings (SSSR count). The van der Waals surface area contributed by atoms with Crippen LogP contribution in [0.15, 0.2) is 97.2 Å². The molecule has 1 aliphatic rings. The van der Waals surface area contributed by atoms with Gasteiger partial charge in [0.05, 0.1) is 7.11 Å². The van der Waals surface area contributed by atoms with Crippen molar-refractivity contribution < 1.29 is 9.47 Å². The van der Waals surface area contributed by atoms with Crippen LogP contribution in [-0.2, 0) is 6.42 Å². The summed E-state index contributed by atoms with van der Waals surface area (Å²) in [5, 5.41) is 2.16. The molecule has 35 heavy (non-hydrogen) atoms. The number of ether oxygens (including phenoxy) is 2. The van der Waals surface area contributed by atoms with Crippen LogP contribution in [0.3, 0.4) is 0 Å². The third kappa shape index (κ3) is 5.68. The number of aryl methyl sites for hydroxylation is 1. The van der Waals surface area contributed by atoms with E-state index in [2.05, 4.69) is 90.0 Å². The van der Waals surface area contributed by atoms with Crippen LogP contribution in [0.25, 0.3) is 21.9 Å². The van der Waals surface area contributed by atoms with Crippen LogP contribution in [0.5, 0.6) is 17.2 Å². The van der Waals surface area contributed by atoms with Gasteiger partial charge in [-0.15, -0.1) is 0 Å². The van der Waals surface area contributed by atoms with Crippen molar-refractivity contribution in [2.45, 2.75) is 32.1 Å². The van der Waals surface area contributed by atoms with Gasteiger partial charge in [-0.05, 0) is 91.2 Å². The molecule has 0 aromatic heterocycles. The maximum absolute atomic E-state index is 6.55. The molecule has 178 valence electrons. The lowest BCUT2D eigenvalue weighted by Crippen LogP contribution is -2.24. The van der Waals surface area contributed by atoms with Crippen LogP contribution in [-0.4, -0.2) is 25.1 Å². The summed E-state index contributed by atoms with van der Waals surface area (Å²) in [5.74, 6) is 2.56. The van der Waals surface area contributed by atoms with Crippen molar-refractivity contribution in [3.63, 3.8) is 0 Å². The molecule has 3 heteroatoms. The van der Waals surface area contributed by atoms with E-state index in [1.54, 1.807) is 7.11 Å². The molecule has 1 aliphatic heterocycles. The van der Waals surface area contributed by atoms with E-state index in [1.165, 1.54) is 37.9 Å². The molecule has 0 saturated carbocycles. The predicted molar refractivity (Wildman–Crippen MR) is 145 cm³/mol. The SMILES string of the molecule is COc1ccc2c(Oc3ccc(CC/C=C/N4CCCCC4)cc3)c(-c3ccccc3)ccc2c1. The van der Waals surface area contributed by atoms with E-state index >= 15 is 0 Å². The highest BCUT2D eigenvalue weighted by molar-refractivity contribution is 5.96. The third-order valence-corrected chi connectivity index (χ3v) is 6.71. The van der Waals surface area contributed by atoms with Crippen molar-refractivity contribution in [1.29, 1.82) is 0 Å². The van der Waals surface area contributed by atoms with Gasteiger partial charge in [0.15, 0.2) is 0 Å². The average Bonchev–Trinajstić information content (AvgIpc) is 2.93. The molecular weight excluding hydrogens is 430 g/mol. The minimum atomic E-state index is 0.842. The second kappa shape index (κ2) is 11.1. The largest absolute Gasteiger partial charge is 0.497 e. The van der Waals surface area contributed by atoms with Crippen LogP contribution in [0.1, 0.15) is 31.2 Å². The molecule has 0 radical (unpaired) electrons. The molecule has 4 aromatic rings. The summed E-state index contributed by atoms with van der Waals surface area (Å²) >= 11 is 0. The molecule has 0 N–H and O–H groups in total. The summed E-state index contributed by atoms with van der Waals surface area (Å²) in [6.45, 7) is 2.41. The second-order valence-electron chi connectivity index (χ2n) is 9.16. The lowest BCUT2D eigenvalue weighted by Gasteiger charge is -2.24. The molecule has 1 saturated heterocycles. The Morgan fingerprint density at radius 1 is 0.800 bits per heavy atom. The fraction of sp³-hybridized carbons (Fsp3) is 0.250. The number of hydrogen-bond acceptors (Lipinski definition) is 3. The van der Waals surface area contributed by atoms with Crippen molar-refractivity contribution >= 4 is 10.8 Å². The topological polar surface area (TPSA) is 21.7 Å². The first kappa shape index (κ1) is 23.0. The fourth-order valence-corrected chi connectivity index (χ4v) is 4.74. The Morgan fingerprint density at radius 3 is 2.34 bits per heavy atom. The lowest BCUT2D eigenvalue weighted by atomic mass is 9.99. The highest BCUT2D eigenvalue weighted by Gasteiger charge is 2.13. The first-order valence-electron chi connectivity index (χ1n) is 12.6. The number of piperidine rings is 1. The maximum atomic E-state index is 6.55. The van der Waals surface area contributed by atoms with Gasteiger partial charge in [0.25, 0.3) is 0 Å². The molecule has 0 atom stereocenters. The number of methoxy groups -OCH3 is 1. The van der Waals surface area contributed by atoms with E-state index in [0.29, 0.717) is 0 Å². The Labute approximate surface area is 208 Å². The minimum absolute atomic E-state index is 0.842. The van der Waals surface area contributed by atoms with E-state index in [0.717, 1.165) is 52.0 Å². The van der Waals surface area contributed by atoms with E-state index < -0.39 is 0 Å². The summed E-state index contributed by atoms with van der Waals surface area (Å²) in [6, 6.07) is 29.3. The Hall–Kier alpha value is -3.72. The van der Waals surface area contributed by atoms with Crippen LogP contribution in [0, 0.1) is 0 Å². The zero-order valence-electron chi connectivity index (χ0n) is 20.5. The zero-order chi connectivity index (χ0) is 23.9. The quantitative estimate of drug-likeness (QED) is 0.263. The van der Waals surface area contributed by atoms with Crippen molar-refractivity contribution in [2.75, 3.05) is 20.2 Å². The molecule has 0 spiro atoms. The molecule has 0 unspecified atom stereocenters. The predicted octanol–water partition coefficient (Wildman–Crippen LogP) is 8.24. The van der Waals surface area contributed by atoms with Gasteiger partial charge in [0.1, 0.15) is 17.2 Å². The summed E-state index contributed by atoms with van der Waals surface area (Å²) < 4.78 is 12.0. The van der Waals surface area contributed by atoms with Crippen LogP contribution < -0.4 is 9.47 Å². The number of allylic oxidation sites excluding steroid dienone is 1. The summed E-state index contributed by atoms with van der Waals surface area (Å²) in [6.07, 6.45) is 10.7. The molecular formula is C32H33NO2. The number of rotatable bonds is 8. The monoisotopic (exact) mass is 463 g/mol. The number of hydrogen-bond donors (Lipinski definition) is 0. The molecule has 3 nitrogen and oxygen atoms in total. The van der Waals surface area contributed by atoms with Crippen molar-refractivity contribution in [1.82, 2.24) is 4.90 Å². The molecule has 0 aliphatic carbocycles. The zero-order valence-corrected chi connectivity index (χ0v) is 20.5. The number of benzene rings is 4. The highest BCUT2D eigenvalue weighted by Crippen LogP contribution is 2.40. The summed E-state index contributed by atoms with van der Waals surface area (Å²) in [5.41, 5.74) is 3.54. The standard InChI is InChI=1S/C32H33NO2/c1-34-29-18-20-31-27(24-29)15-19-30(26-11-4-2-5-12-26)32(31)35-28-16-13-25(14-17-28)10-6-9-23-33-21-7-3-8-22-33/h2,4-5,9,11-20,23-24H,3,6-8,10,21-22H2,1H3/b23-9+. The third-order valence-electron chi connectivity index (χ3n) is 6.71. The van der Waals surface area contributed by atoms with Crippen molar-refractivity contribution in [3.8, 4) is 28.4 Å². The Kier molecular flexibility index (Phi) is 7.33. The first-order valence-corrected chi connectivity index (χ1v) is 12.6. The molecule has 1 fully saturated rings. The van der Waals surface area contributed by atoms with Crippen molar-refractivity contribution in [3.05, 3.63) is 103 Å². The Balaban J connectivity index is 1.35. The van der Waals surface area contributed by atoms with Crippen LogP contribution in [0.2, 0.25) is 0 Å². The van der Waals surface area contributed by atoms with Gasteiger partial charge in [0.2, 0.25) is 0 Å². The first-order chi connectivity index (χ1) is 17.3. The van der Waals surface area contributed by atoms with Gasteiger partial charge >= 0.3 is 0 Å². The van der Waals surface area contributed by atoms with E-state index in [-0.39, 0.29) is 0 Å². The van der Waals surface area contributed by atoms with E-state index in [1.807, 2.05) is 12.1 Å². The summed E-state index contributed by atoms with van der Waals surface area (Å²) in [7, 11) is 1.70. The molecule has 4 aromatic carbocycles. The van der Waals surface area contributed by atoms with Crippen molar-refractivity contribution in [2.24, 2.45) is 0 Å². The second-order valence-corrected chi connectivity index (χ2v) is 9.16. The van der Waals surface area contributed by atoms with Gasteiger partial charge in [-0.1, -0.05) is 54.6 Å². The van der Waals surface area contributed by atoms with Crippen LogP contribution in [0.4, 0.5) is 0 Å². The van der Waals surface area contributed by atoms with E-state index in [4.69, 9.17) is 9.47 Å². The summed E-state index contributed by atoms with van der Waals surface area (Å²) in [4.78, 5) is 2.45. The fourth-order valence-electron chi connectivity index (χ4n) is 4.74. The molecule has 1 heterocycles. The molecule has 0 amide bonds. The maximum Gasteiger partial charge on any atom is 0.143 e. The van der Waals surface area contributed by atoms with E-state index in [9.17, 15) is 0 Å². The van der Waals surface area contributed by atoms with Gasteiger partial charge in [-0.2, -0.15) is 0 Å². The lowest BCUT2D eigenvalue weighted by molar-refractivity contribution is 0.308. The normalized spacial score (nSPS) is 13.9. The minimum Gasteiger partial charge on any atom is -0.497 e. The number of nitrogens with zero attached hydrogens (tertiary/aromatic N) is 1. The highest BCUT2D eigenvalue weighted by atomic mass is 16.5. The number of fused-ring (bicyclic) bond motifs is 1. The van der Waals surface area contributed by atoms with Gasteiger partial charge in [-0.3, -0.25) is 0 Å². The van der Waals surface area contributed by atoms with Gasteiger partial charge in [-0.25, -0.2) is 0 Å². The Morgan fingerprint density at radius 2 is 1.57 bits per heavy atom. The number of likely N-dealkylation sites (tertiary alicyclic amines) is 1. The molecule has 0 bridgehead atoms. The average molecular weight is 464 g/mol. The van der Waals surface area contributed by atoms with Gasteiger partial charge < -0.3 is 14.4 Å².